The standard InChI is InChI=1S/C17H28N4/c1-19(2)9-4-10-20-13-15-5-3-6-17(16(15)14-20)21-11-7-18-8-12-21/h3,5-6,18H,4,7-14H2,1-2H3. The second-order valence-corrected chi connectivity index (χ2v) is 6.52. The van der Waals surface area contributed by atoms with Crippen LogP contribution in [-0.2, 0) is 13.1 Å². The monoisotopic (exact) mass is 288 g/mol. The third-order valence-electron chi connectivity index (χ3n) is 4.56. The van der Waals surface area contributed by atoms with Gasteiger partial charge in [-0.15, -0.1) is 0 Å². The SMILES string of the molecule is CN(C)CCCN1Cc2cccc(N3CCNCC3)c2C1. The van der Waals surface area contributed by atoms with E-state index in [0.717, 1.165) is 39.3 Å². The highest BCUT2D eigenvalue weighted by Crippen LogP contribution is 2.31. The molecule has 0 atom stereocenters. The molecule has 1 aromatic carbocycles. The molecule has 4 heteroatoms. The maximum atomic E-state index is 3.44. The summed E-state index contributed by atoms with van der Waals surface area (Å²) >= 11 is 0. The highest BCUT2D eigenvalue weighted by Gasteiger charge is 2.23. The molecule has 0 amide bonds. The van der Waals surface area contributed by atoms with Crippen molar-refractivity contribution in [1.29, 1.82) is 0 Å². The van der Waals surface area contributed by atoms with Gasteiger partial charge in [-0.05, 0) is 44.3 Å². The minimum absolute atomic E-state index is 1.11. The minimum atomic E-state index is 1.11. The van der Waals surface area contributed by atoms with Crippen molar-refractivity contribution in [3.63, 3.8) is 0 Å². The molecular weight excluding hydrogens is 260 g/mol. The molecule has 2 aliphatic rings. The molecule has 0 radical (unpaired) electrons. The molecule has 0 unspecified atom stereocenters. The molecule has 116 valence electrons. The summed E-state index contributed by atoms with van der Waals surface area (Å²) in [6.07, 6.45) is 1.25. The molecule has 4 nitrogen and oxygen atoms in total. The Balaban J connectivity index is 1.65. The Morgan fingerprint density at radius 2 is 1.95 bits per heavy atom. The van der Waals surface area contributed by atoms with Gasteiger partial charge in [0.1, 0.15) is 0 Å². The summed E-state index contributed by atoms with van der Waals surface area (Å²) in [6.45, 7) is 9.12. The van der Waals surface area contributed by atoms with Crippen molar-refractivity contribution in [2.45, 2.75) is 19.5 Å². The number of fused-ring (bicyclic) bond motifs is 1. The van der Waals surface area contributed by atoms with Crippen LogP contribution in [0.5, 0.6) is 0 Å². The van der Waals surface area contributed by atoms with Crippen LogP contribution in [0.2, 0.25) is 0 Å². The van der Waals surface area contributed by atoms with Crippen LogP contribution in [0.25, 0.3) is 0 Å². The van der Waals surface area contributed by atoms with Crippen molar-refractivity contribution >= 4 is 5.69 Å². The minimum Gasteiger partial charge on any atom is -0.369 e. The van der Waals surface area contributed by atoms with Crippen molar-refractivity contribution in [2.75, 3.05) is 58.3 Å². The van der Waals surface area contributed by atoms with E-state index in [1.165, 1.54) is 30.8 Å². The largest absolute Gasteiger partial charge is 0.369 e. The van der Waals surface area contributed by atoms with Gasteiger partial charge in [-0.3, -0.25) is 4.90 Å². The number of nitrogens with zero attached hydrogens (tertiary/aromatic N) is 3. The van der Waals surface area contributed by atoms with Gasteiger partial charge >= 0.3 is 0 Å². The molecule has 0 aliphatic carbocycles. The zero-order valence-electron chi connectivity index (χ0n) is 13.4. The van der Waals surface area contributed by atoms with Crippen LogP contribution in [0, 0.1) is 0 Å². The topological polar surface area (TPSA) is 21.8 Å². The van der Waals surface area contributed by atoms with Crippen LogP contribution in [0.4, 0.5) is 5.69 Å². The quantitative estimate of drug-likeness (QED) is 0.883. The van der Waals surface area contributed by atoms with E-state index in [2.05, 4.69) is 52.3 Å². The number of benzene rings is 1. The van der Waals surface area contributed by atoms with Crippen LogP contribution >= 0.6 is 0 Å². The van der Waals surface area contributed by atoms with Crippen LogP contribution in [-0.4, -0.2) is 63.2 Å². The number of hydrogen-bond acceptors (Lipinski definition) is 4. The summed E-state index contributed by atoms with van der Waals surface area (Å²) in [6, 6.07) is 6.86. The predicted octanol–water partition coefficient (Wildman–Crippen LogP) is 1.36. The molecule has 21 heavy (non-hydrogen) atoms. The highest BCUT2D eigenvalue weighted by molar-refractivity contribution is 5.58. The van der Waals surface area contributed by atoms with Crippen molar-refractivity contribution < 1.29 is 0 Å². The normalized spacial score (nSPS) is 19.3. The average Bonchev–Trinajstić information content (AvgIpc) is 2.90. The second kappa shape index (κ2) is 6.77. The van der Waals surface area contributed by atoms with E-state index >= 15 is 0 Å². The summed E-state index contributed by atoms with van der Waals surface area (Å²) in [5, 5.41) is 3.44. The van der Waals surface area contributed by atoms with Gasteiger partial charge in [0.2, 0.25) is 0 Å². The van der Waals surface area contributed by atoms with Crippen molar-refractivity contribution in [3.05, 3.63) is 29.3 Å². The maximum Gasteiger partial charge on any atom is 0.0416 e. The fraction of sp³-hybridized carbons (Fsp3) is 0.647. The number of nitrogens with one attached hydrogen (secondary N) is 1. The lowest BCUT2D eigenvalue weighted by Gasteiger charge is -2.31. The molecule has 3 rings (SSSR count). The van der Waals surface area contributed by atoms with E-state index in [0.29, 0.717) is 0 Å². The first kappa shape index (κ1) is 14.8. The zero-order chi connectivity index (χ0) is 14.7. The van der Waals surface area contributed by atoms with Crippen LogP contribution in [0.1, 0.15) is 17.5 Å². The molecule has 0 bridgehead atoms. The first-order chi connectivity index (χ1) is 10.2. The van der Waals surface area contributed by atoms with Crippen LogP contribution < -0.4 is 10.2 Å². The Morgan fingerprint density at radius 3 is 2.71 bits per heavy atom. The van der Waals surface area contributed by atoms with Gasteiger partial charge in [0, 0.05) is 51.5 Å². The van der Waals surface area contributed by atoms with Gasteiger partial charge in [0.05, 0.1) is 0 Å². The summed E-state index contributed by atoms with van der Waals surface area (Å²) in [4.78, 5) is 7.42. The second-order valence-electron chi connectivity index (χ2n) is 6.52. The lowest BCUT2D eigenvalue weighted by Crippen LogP contribution is -2.43. The third kappa shape index (κ3) is 3.57. The van der Waals surface area contributed by atoms with E-state index < -0.39 is 0 Å². The lowest BCUT2D eigenvalue weighted by molar-refractivity contribution is 0.262. The smallest absolute Gasteiger partial charge is 0.0416 e. The van der Waals surface area contributed by atoms with Crippen molar-refractivity contribution in [1.82, 2.24) is 15.1 Å². The summed E-state index contributed by atoms with van der Waals surface area (Å²) in [7, 11) is 4.31. The number of rotatable bonds is 5. The van der Waals surface area contributed by atoms with Gasteiger partial charge in [0.15, 0.2) is 0 Å². The molecule has 0 aromatic heterocycles. The highest BCUT2D eigenvalue weighted by atomic mass is 15.2. The van der Waals surface area contributed by atoms with Gasteiger partial charge in [-0.2, -0.15) is 0 Å². The number of piperazine rings is 1. The van der Waals surface area contributed by atoms with Crippen molar-refractivity contribution in [2.24, 2.45) is 0 Å². The van der Waals surface area contributed by atoms with Crippen molar-refractivity contribution in [3.8, 4) is 0 Å². The summed E-state index contributed by atoms with van der Waals surface area (Å²) in [5.41, 5.74) is 4.59. The maximum absolute atomic E-state index is 3.44. The predicted molar refractivity (Wildman–Crippen MR) is 88.8 cm³/mol. The zero-order valence-corrected chi connectivity index (χ0v) is 13.4. The molecule has 0 spiro atoms. The first-order valence-electron chi connectivity index (χ1n) is 8.17. The van der Waals surface area contributed by atoms with E-state index in [1.54, 1.807) is 5.56 Å². The lowest BCUT2D eigenvalue weighted by atomic mass is 10.1. The fourth-order valence-corrected chi connectivity index (χ4v) is 3.44. The van der Waals surface area contributed by atoms with Gasteiger partial charge in [0.25, 0.3) is 0 Å². The fourth-order valence-electron chi connectivity index (χ4n) is 3.44. The molecule has 0 saturated carbocycles. The summed E-state index contributed by atoms with van der Waals surface area (Å²) < 4.78 is 0. The molecule has 1 N–H and O–H groups in total. The molecular formula is C17H28N4. The van der Waals surface area contributed by atoms with Gasteiger partial charge in [-0.1, -0.05) is 12.1 Å². The number of hydrogen-bond donors (Lipinski definition) is 1. The molecule has 2 heterocycles. The summed E-state index contributed by atoms with van der Waals surface area (Å²) in [5.74, 6) is 0. The van der Waals surface area contributed by atoms with E-state index in [-0.39, 0.29) is 0 Å². The Bertz CT molecular complexity index is 466. The Hall–Kier alpha value is -1.10. The molecule has 1 fully saturated rings. The van der Waals surface area contributed by atoms with Crippen LogP contribution in [0.15, 0.2) is 18.2 Å². The van der Waals surface area contributed by atoms with E-state index in [1.807, 2.05) is 0 Å². The van der Waals surface area contributed by atoms with Crippen LogP contribution in [0.3, 0.4) is 0 Å². The van der Waals surface area contributed by atoms with E-state index in [4.69, 9.17) is 0 Å². The third-order valence-corrected chi connectivity index (χ3v) is 4.56. The van der Waals surface area contributed by atoms with Gasteiger partial charge in [-0.25, -0.2) is 0 Å². The molecule has 2 aliphatic heterocycles. The Kier molecular flexibility index (Phi) is 4.78. The Morgan fingerprint density at radius 1 is 1.14 bits per heavy atom. The molecule has 1 saturated heterocycles. The molecule has 1 aromatic rings. The van der Waals surface area contributed by atoms with Gasteiger partial charge < -0.3 is 15.1 Å². The average molecular weight is 288 g/mol. The number of anilines is 1. The first-order valence-corrected chi connectivity index (χ1v) is 8.17. The Labute approximate surface area is 128 Å². The van der Waals surface area contributed by atoms with E-state index in [9.17, 15) is 0 Å².